The Kier molecular flexibility index (Phi) is 3.67. The van der Waals surface area contributed by atoms with Crippen LogP contribution in [0.5, 0.6) is 0 Å². The largest absolute Gasteiger partial charge is 0.374 e. The first-order valence-corrected chi connectivity index (χ1v) is 9.29. The van der Waals surface area contributed by atoms with E-state index in [1.54, 1.807) is 0 Å². The van der Waals surface area contributed by atoms with Crippen molar-refractivity contribution in [3.8, 4) is 0 Å². The average Bonchev–Trinajstić information content (AvgIpc) is 2.76. The van der Waals surface area contributed by atoms with Crippen molar-refractivity contribution in [1.29, 1.82) is 0 Å². The van der Waals surface area contributed by atoms with Crippen LogP contribution in [0.2, 0.25) is 0 Å². The zero-order valence-electron chi connectivity index (χ0n) is 10.1. The monoisotopic (exact) mass is 334 g/mol. The van der Waals surface area contributed by atoms with E-state index >= 15 is 0 Å². The van der Waals surface area contributed by atoms with Crippen LogP contribution >= 0.6 is 11.3 Å². The predicted molar refractivity (Wildman–Crippen MR) is 74.7 cm³/mol. The zero-order chi connectivity index (χ0) is 15.0. The van der Waals surface area contributed by atoms with Gasteiger partial charge < -0.3 is 5.73 Å². The number of nitrogen functional groups attached to an aromatic ring is 1. The van der Waals surface area contributed by atoms with Gasteiger partial charge in [-0.3, -0.25) is 4.72 Å². The Balaban J connectivity index is 2.26. The molecule has 0 saturated carbocycles. The Morgan fingerprint density at radius 3 is 2.15 bits per heavy atom. The van der Waals surface area contributed by atoms with Crippen LogP contribution in [0.1, 0.15) is 0 Å². The predicted octanol–water partition coefficient (Wildman–Crippen LogP) is 0.325. The Hall–Kier alpha value is -1.72. The second-order valence-corrected chi connectivity index (χ2v) is 8.69. The quantitative estimate of drug-likeness (QED) is 0.823. The minimum absolute atomic E-state index is 0.0396. The molecular weight excluding hydrogens is 324 g/mol. The highest BCUT2D eigenvalue weighted by molar-refractivity contribution is 7.94. The molecule has 0 atom stereocenters. The number of nitrogens with two attached hydrogens (primary N) is 1. The first kappa shape index (κ1) is 14.7. The summed E-state index contributed by atoms with van der Waals surface area (Å²) in [5.74, 6) is 0. The van der Waals surface area contributed by atoms with Gasteiger partial charge in [-0.05, 0) is 24.3 Å². The standard InChI is InChI=1S/C9H10N4O4S3/c1-19(14,15)7-4-2-6(3-5-7)13-20(16,17)9-12-11-8(10)18-9/h2-5,13H,1H3,(H2,10,11). The lowest BCUT2D eigenvalue weighted by Gasteiger charge is -2.05. The van der Waals surface area contributed by atoms with Crippen molar-refractivity contribution < 1.29 is 16.8 Å². The van der Waals surface area contributed by atoms with E-state index in [4.69, 9.17) is 5.73 Å². The van der Waals surface area contributed by atoms with Crippen molar-refractivity contribution in [2.75, 3.05) is 16.7 Å². The summed E-state index contributed by atoms with van der Waals surface area (Å²) in [5.41, 5.74) is 5.54. The van der Waals surface area contributed by atoms with Crippen LogP contribution in [-0.4, -0.2) is 33.3 Å². The van der Waals surface area contributed by atoms with Crippen molar-refractivity contribution in [3.05, 3.63) is 24.3 Å². The molecule has 0 fully saturated rings. The summed E-state index contributed by atoms with van der Waals surface area (Å²) in [6, 6.07) is 5.31. The SMILES string of the molecule is CS(=O)(=O)c1ccc(NS(=O)(=O)c2nnc(N)s2)cc1. The number of rotatable bonds is 4. The number of aromatic nitrogens is 2. The second kappa shape index (κ2) is 5.00. The van der Waals surface area contributed by atoms with Crippen molar-refractivity contribution in [2.45, 2.75) is 9.24 Å². The number of nitrogens with one attached hydrogen (secondary N) is 1. The molecule has 20 heavy (non-hydrogen) atoms. The fourth-order valence-corrected chi connectivity index (χ4v) is 3.77. The zero-order valence-corrected chi connectivity index (χ0v) is 12.6. The summed E-state index contributed by atoms with van der Waals surface area (Å²) in [6.45, 7) is 0. The average molecular weight is 334 g/mol. The number of nitrogens with zero attached hydrogens (tertiary/aromatic N) is 2. The van der Waals surface area contributed by atoms with E-state index in [9.17, 15) is 16.8 Å². The van der Waals surface area contributed by atoms with Gasteiger partial charge in [-0.25, -0.2) is 8.42 Å². The van der Waals surface area contributed by atoms with E-state index in [1.165, 1.54) is 24.3 Å². The summed E-state index contributed by atoms with van der Waals surface area (Å²) in [5, 5.41) is 6.90. The smallest absolute Gasteiger partial charge is 0.291 e. The van der Waals surface area contributed by atoms with Crippen molar-refractivity contribution in [1.82, 2.24) is 10.2 Å². The minimum atomic E-state index is -3.88. The lowest BCUT2D eigenvalue weighted by molar-refractivity contribution is 0.598. The molecule has 2 aromatic rings. The van der Waals surface area contributed by atoms with Gasteiger partial charge in [0.05, 0.1) is 4.90 Å². The van der Waals surface area contributed by atoms with E-state index in [2.05, 4.69) is 14.9 Å². The highest BCUT2D eigenvalue weighted by atomic mass is 32.2. The summed E-state index contributed by atoms with van der Waals surface area (Å²) >= 11 is 0.731. The van der Waals surface area contributed by atoms with Gasteiger partial charge in [-0.1, -0.05) is 11.3 Å². The van der Waals surface area contributed by atoms with Gasteiger partial charge in [0.2, 0.25) is 5.13 Å². The molecule has 0 aliphatic rings. The van der Waals surface area contributed by atoms with E-state index < -0.39 is 19.9 Å². The van der Waals surface area contributed by atoms with E-state index in [0.717, 1.165) is 17.6 Å². The molecule has 108 valence electrons. The molecule has 1 aromatic carbocycles. The molecule has 0 radical (unpaired) electrons. The van der Waals surface area contributed by atoms with E-state index in [-0.39, 0.29) is 20.1 Å². The van der Waals surface area contributed by atoms with Crippen LogP contribution in [0, 0.1) is 0 Å². The number of hydrogen-bond donors (Lipinski definition) is 2. The Labute approximate surface area is 119 Å². The molecule has 0 saturated heterocycles. The molecule has 11 heteroatoms. The van der Waals surface area contributed by atoms with Crippen LogP contribution < -0.4 is 10.5 Å². The minimum Gasteiger partial charge on any atom is -0.374 e. The van der Waals surface area contributed by atoms with Crippen LogP contribution in [0.4, 0.5) is 10.8 Å². The lowest BCUT2D eigenvalue weighted by atomic mass is 10.3. The number of sulfonamides is 1. The number of hydrogen-bond acceptors (Lipinski definition) is 8. The van der Waals surface area contributed by atoms with E-state index in [1.807, 2.05) is 0 Å². The normalized spacial score (nSPS) is 12.2. The van der Waals surface area contributed by atoms with Crippen molar-refractivity contribution >= 4 is 42.0 Å². The first-order chi connectivity index (χ1) is 9.18. The molecule has 2 rings (SSSR count). The van der Waals surface area contributed by atoms with Gasteiger partial charge in [0.1, 0.15) is 0 Å². The van der Waals surface area contributed by atoms with Gasteiger partial charge in [0.15, 0.2) is 9.84 Å². The maximum Gasteiger partial charge on any atom is 0.291 e. The summed E-state index contributed by atoms with van der Waals surface area (Å²) in [7, 11) is -7.20. The van der Waals surface area contributed by atoms with Crippen LogP contribution in [-0.2, 0) is 19.9 Å². The Bertz CT molecular complexity index is 824. The van der Waals surface area contributed by atoms with Crippen LogP contribution in [0.15, 0.2) is 33.5 Å². The van der Waals surface area contributed by atoms with Gasteiger partial charge in [-0.2, -0.15) is 8.42 Å². The number of benzene rings is 1. The highest BCUT2D eigenvalue weighted by Gasteiger charge is 2.19. The molecule has 1 aromatic heterocycles. The summed E-state index contributed by atoms with van der Waals surface area (Å²) in [4.78, 5) is 0.0978. The summed E-state index contributed by atoms with van der Waals surface area (Å²) in [6.07, 6.45) is 1.07. The van der Waals surface area contributed by atoms with Gasteiger partial charge in [0.25, 0.3) is 14.4 Å². The molecule has 0 amide bonds. The third-order valence-electron chi connectivity index (χ3n) is 2.19. The fourth-order valence-electron chi connectivity index (χ4n) is 1.30. The fraction of sp³-hybridized carbons (Fsp3) is 0.111. The number of sulfone groups is 1. The molecule has 0 aliphatic carbocycles. The molecule has 8 nitrogen and oxygen atoms in total. The lowest BCUT2D eigenvalue weighted by Crippen LogP contribution is -2.12. The van der Waals surface area contributed by atoms with E-state index in [0.29, 0.717) is 0 Å². The maximum atomic E-state index is 11.9. The molecule has 0 aliphatic heterocycles. The number of anilines is 2. The topological polar surface area (TPSA) is 132 Å². The molecular formula is C9H10N4O4S3. The van der Waals surface area contributed by atoms with Crippen molar-refractivity contribution in [3.63, 3.8) is 0 Å². The van der Waals surface area contributed by atoms with Crippen molar-refractivity contribution in [2.24, 2.45) is 0 Å². The van der Waals surface area contributed by atoms with Crippen LogP contribution in [0.25, 0.3) is 0 Å². The second-order valence-electron chi connectivity index (χ2n) is 3.81. The van der Waals surface area contributed by atoms with Gasteiger partial charge in [-0.15, -0.1) is 10.2 Å². The molecule has 0 unspecified atom stereocenters. The Morgan fingerprint density at radius 1 is 1.10 bits per heavy atom. The highest BCUT2D eigenvalue weighted by Crippen LogP contribution is 2.21. The van der Waals surface area contributed by atoms with Gasteiger partial charge >= 0.3 is 0 Å². The summed E-state index contributed by atoms with van der Waals surface area (Å²) < 4.78 is 48.4. The molecule has 3 N–H and O–H groups in total. The maximum absolute atomic E-state index is 11.9. The third kappa shape index (κ3) is 3.23. The van der Waals surface area contributed by atoms with Crippen LogP contribution in [0.3, 0.4) is 0 Å². The molecule has 0 spiro atoms. The Morgan fingerprint density at radius 2 is 1.70 bits per heavy atom. The first-order valence-electron chi connectivity index (χ1n) is 5.10. The molecule has 1 heterocycles. The molecule has 0 bridgehead atoms. The third-order valence-corrected chi connectivity index (χ3v) is 5.82. The van der Waals surface area contributed by atoms with Gasteiger partial charge in [0, 0.05) is 11.9 Å².